The van der Waals surface area contributed by atoms with Crippen LogP contribution >= 0.6 is 0 Å². The van der Waals surface area contributed by atoms with E-state index in [0.717, 1.165) is 12.1 Å². The minimum Gasteiger partial charge on any atom is -0.312 e. The number of aliphatic imine (C=N–C) groups is 1. The Morgan fingerprint density at radius 3 is 2.65 bits per heavy atom. The molecular weight excluding hydrogens is 407 g/mol. The number of urea groups is 1. The number of ketones is 1. The summed E-state index contributed by atoms with van der Waals surface area (Å²) in [6.07, 6.45) is 3.64. The zero-order valence-electron chi connectivity index (χ0n) is 17.6. The Kier molecular flexibility index (Phi) is 7.45. The smallest absolute Gasteiger partial charge is 0.312 e. The van der Waals surface area contributed by atoms with E-state index >= 15 is 0 Å². The van der Waals surface area contributed by atoms with Crippen molar-refractivity contribution >= 4 is 17.6 Å². The number of terminal acetylenes is 1. The number of benzene rings is 1. The van der Waals surface area contributed by atoms with Gasteiger partial charge in [-0.15, -0.1) is 6.42 Å². The van der Waals surface area contributed by atoms with E-state index in [1.54, 1.807) is 6.92 Å². The second-order valence-corrected chi connectivity index (χ2v) is 7.44. The van der Waals surface area contributed by atoms with Crippen LogP contribution in [-0.2, 0) is 6.18 Å². The van der Waals surface area contributed by atoms with Gasteiger partial charge >= 0.3 is 12.2 Å². The van der Waals surface area contributed by atoms with Crippen LogP contribution in [0.15, 0.2) is 53.7 Å². The van der Waals surface area contributed by atoms with Crippen molar-refractivity contribution in [3.05, 3.63) is 59.8 Å². The summed E-state index contributed by atoms with van der Waals surface area (Å²) >= 11 is 0. The lowest BCUT2D eigenvalue weighted by Crippen LogP contribution is -2.41. The van der Waals surface area contributed by atoms with Crippen LogP contribution in [0.5, 0.6) is 0 Å². The number of alkyl halides is 3. The normalized spacial score (nSPS) is 17.9. The molecule has 1 fully saturated rings. The monoisotopic (exact) mass is 431 g/mol. The maximum Gasteiger partial charge on any atom is 0.416 e. The van der Waals surface area contributed by atoms with E-state index in [9.17, 15) is 22.8 Å². The number of allylic oxidation sites excluding steroid dienone is 2. The molecule has 1 aliphatic rings. The molecule has 0 radical (unpaired) electrons. The molecule has 0 aromatic heterocycles. The fourth-order valence-corrected chi connectivity index (χ4v) is 3.18. The second kappa shape index (κ2) is 9.65. The number of hydrogen-bond donors (Lipinski definition) is 0. The van der Waals surface area contributed by atoms with Gasteiger partial charge in [0.25, 0.3) is 0 Å². The number of amidine groups is 1. The van der Waals surface area contributed by atoms with Crippen LogP contribution in [0, 0.1) is 18.3 Å². The van der Waals surface area contributed by atoms with Crippen molar-refractivity contribution in [3.63, 3.8) is 0 Å². The summed E-state index contributed by atoms with van der Waals surface area (Å²) in [6.45, 7) is 9.00. The molecule has 8 heteroatoms. The van der Waals surface area contributed by atoms with Gasteiger partial charge in [0.1, 0.15) is 5.84 Å². The molecule has 2 rings (SSSR count). The number of amides is 2. The predicted octanol–water partition coefficient (Wildman–Crippen LogP) is 4.77. The first-order valence-electron chi connectivity index (χ1n) is 9.61. The molecular formula is C23H24F3N3O2. The van der Waals surface area contributed by atoms with Gasteiger partial charge in [0, 0.05) is 23.9 Å². The van der Waals surface area contributed by atoms with Crippen LogP contribution in [0.4, 0.5) is 18.0 Å². The lowest BCUT2D eigenvalue weighted by Gasteiger charge is -2.25. The summed E-state index contributed by atoms with van der Waals surface area (Å²) in [5, 5.41) is 0. The van der Waals surface area contributed by atoms with Gasteiger partial charge in [-0.1, -0.05) is 44.6 Å². The van der Waals surface area contributed by atoms with Gasteiger partial charge in [-0.25, -0.2) is 9.79 Å². The lowest BCUT2D eigenvalue weighted by molar-refractivity contribution is -0.137. The second-order valence-electron chi connectivity index (χ2n) is 7.44. The van der Waals surface area contributed by atoms with Gasteiger partial charge < -0.3 is 4.90 Å². The highest BCUT2D eigenvalue weighted by Crippen LogP contribution is 2.30. The van der Waals surface area contributed by atoms with Crippen molar-refractivity contribution in [2.75, 3.05) is 13.1 Å². The van der Waals surface area contributed by atoms with Gasteiger partial charge in [0.05, 0.1) is 18.2 Å². The number of carbonyl (C=O) groups excluding carboxylic acids is 2. The highest BCUT2D eigenvalue weighted by Gasteiger charge is 2.41. The Hall–Kier alpha value is -3.34. The summed E-state index contributed by atoms with van der Waals surface area (Å²) in [5.41, 5.74) is -0.557. The molecule has 0 bridgehead atoms. The van der Waals surface area contributed by atoms with Crippen molar-refractivity contribution in [3.8, 4) is 12.3 Å². The first-order chi connectivity index (χ1) is 14.5. The fraction of sp³-hybridized carbons (Fsp3) is 0.348. The molecule has 0 unspecified atom stereocenters. The number of Topliss-reactive ketones (excluding diaryl/α,β-unsaturated/α-hetero) is 1. The lowest BCUT2D eigenvalue weighted by atomic mass is 10.0. The summed E-state index contributed by atoms with van der Waals surface area (Å²) in [7, 11) is 0. The largest absolute Gasteiger partial charge is 0.416 e. The molecule has 0 saturated carbocycles. The third kappa shape index (κ3) is 5.63. The average Bonchev–Trinajstić information content (AvgIpc) is 3.04. The Morgan fingerprint density at radius 2 is 2.10 bits per heavy atom. The van der Waals surface area contributed by atoms with Crippen LogP contribution < -0.4 is 0 Å². The first kappa shape index (κ1) is 23.9. The van der Waals surface area contributed by atoms with Gasteiger partial charge in [-0.3, -0.25) is 9.69 Å². The minimum atomic E-state index is -4.55. The summed E-state index contributed by atoms with van der Waals surface area (Å²) < 4.78 is 38.9. The number of halogens is 3. The number of hydrogen-bond acceptors (Lipinski definition) is 3. The Labute approximate surface area is 179 Å². The quantitative estimate of drug-likeness (QED) is 0.214. The molecule has 1 atom stereocenters. The molecule has 0 aliphatic carbocycles. The van der Waals surface area contributed by atoms with Crippen molar-refractivity contribution in [1.29, 1.82) is 0 Å². The zero-order valence-corrected chi connectivity index (χ0v) is 17.6. The van der Waals surface area contributed by atoms with Crippen molar-refractivity contribution < 1.29 is 22.8 Å². The van der Waals surface area contributed by atoms with E-state index < -0.39 is 23.6 Å². The summed E-state index contributed by atoms with van der Waals surface area (Å²) in [6, 6.07) is 3.46. The van der Waals surface area contributed by atoms with E-state index in [1.165, 1.54) is 34.2 Å². The van der Waals surface area contributed by atoms with Crippen LogP contribution in [0.3, 0.4) is 0 Å². The molecule has 164 valence electrons. The number of nitrogens with zero attached hydrogens (tertiary/aromatic N) is 3. The average molecular weight is 431 g/mol. The highest BCUT2D eigenvalue weighted by atomic mass is 19.4. The molecule has 1 saturated heterocycles. The Morgan fingerprint density at radius 1 is 1.42 bits per heavy atom. The zero-order chi connectivity index (χ0) is 23.3. The Bertz CT molecular complexity index is 971. The molecule has 31 heavy (non-hydrogen) atoms. The van der Waals surface area contributed by atoms with E-state index in [4.69, 9.17) is 6.42 Å². The topological polar surface area (TPSA) is 53.0 Å². The predicted molar refractivity (Wildman–Crippen MR) is 113 cm³/mol. The van der Waals surface area contributed by atoms with E-state index in [0.29, 0.717) is 18.0 Å². The van der Waals surface area contributed by atoms with Crippen LogP contribution in [0.25, 0.3) is 0 Å². The number of carbonyl (C=O) groups is 2. The van der Waals surface area contributed by atoms with Gasteiger partial charge in [0.2, 0.25) is 0 Å². The highest BCUT2D eigenvalue weighted by molar-refractivity contribution is 6.03. The summed E-state index contributed by atoms with van der Waals surface area (Å²) in [4.78, 5) is 32.7. The van der Waals surface area contributed by atoms with Gasteiger partial charge in [0.15, 0.2) is 5.78 Å². The van der Waals surface area contributed by atoms with E-state index in [-0.39, 0.29) is 24.1 Å². The first-order valence-corrected chi connectivity index (χ1v) is 9.61. The molecule has 5 nitrogen and oxygen atoms in total. The molecule has 0 N–H and O–H groups in total. The van der Waals surface area contributed by atoms with Crippen LogP contribution in [0.2, 0.25) is 0 Å². The molecule has 1 aliphatic heterocycles. The molecule has 0 spiro atoms. The standard InChI is InChI=1S/C23H24F3N3O2/c1-6-17(7-2)12-27-16(5)28-13-20(15(3)4)29(22(28)31)14-21(30)18-9-8-10-19(11-18)23(24,25)26/h1,7-12,15,20H,2,13-14H2,3-5H3/b17-12-,27-16?/t20-/m1/s1. The molecule has 1 aromatic rings. The SMILES string of the molecule is C#C/C(C=C)=C/N=C(C)N1C[C@H](C(C)C)N(CC(=O)c2cccc(C(F)(F)F)c2)C1=O. The molecule has 1 heterocycles. The minimum absolute atomic E-state index is 0.0149. The number of rotatable bonds is 6. The van der Waals surface area contributed by atoms with E-state index in [2.05, 4.69) is 17.5 Å². The summed E-state index contributed by atoms with van der Waals surface area (Å²) in [5.74, 6) is 2.24. The van der Waals surface area contributed by atoms with Crippen molar-refractivity contribution in [2.24, 2.45) is 10.9 Å². The third-order valence-corrected chi connectivity index (χ3v) is 5.01. The van der Waals surface area contributed by atoms with Gasteiger partial charge in [-0.2, -0.15) is 13.2 Å². The maximum absolute atomic E-state index is 13.0. The van der Waals surface area contributed by atoms with Gasteiger partial charge in [-0.05, 0) is 25.0 Å². The molecule has 1 aromatic carbocycles. The van der Waals surface area contributed by atoms with Crippen LogP contribution in [-0.4, -0.2) is 46.6 Å². The van der Waals surface area contributed by atoms with E-state index in [1.807, 2.05) is 13.8 Å². The molecule has 2 amide bonds. The van der Waals surface area contributed by atoms with Crippen LogP contribution in [0.1, 0.15) is 36.7 Å². The Balaban J connectivity index is 2.27. The third-order valence-electron chi connectivity index (χ3n) is 5.01. The maximum atomic E-state index is 13.0. The fourth-order valence-electron chi connectivity index (χ4n) is 3.18. The van der Waals surface area contributed by atoms with Crippen molar-refractivity contribution in [1.82, 2.24) is 9.80 Å². The van der Waals surface area contributed by atoms with Crippen molar-refractivity contribution in [2.45, 2.75) is 33.0 Å².